The topological polar surface area (TPSA) is 142 Å². The Labute approximate surface area is 238 Å². The van der Waals surface area contributed by atoms with Gasteiger partial charge in [0.1, 0.15) is 30.5 Å². The highest BCUT2D eigenvalue weighted by molar-refractivity contribution is 7.17. The molecule has 1 aromatic heterocycles. The SMILES string of the molecule is C=CCOC(=O)c1sc(N2C(=O)C(=O)/C(=C(/O)c3ccc4c(c3)OCCO4)[C@H]2c2ccc(C(=O)OC)cc2)nc1C. The number of fused-ring (bicyclic) bond motifs is 1. The lowest BCUT2D eigenvalue weighted by Gasteiger charge is -2.23. The third-order valence-electron chi connectivity index (χ3n) is 6.42. The standard InChI is InChI=1S/C29H24N2O9S/c1-4-11-40-28(36)25-15(2)30-29(41-25)31-22(16-5-7-17(8-6-16)27(35)37-3)21(24(33)26(31)34)23(32)18-9-10-19-20(14-18)39-13-12-38-19/h4-10,14,22,32H,1,11-13H2,2-3H3/b23-21+/t22-/m1/s1. The molecule has 1 N–H and O–H groups in total. The minimum atomic E-state index is -1.14. The molecule has 11 nitrogen and oxygen atoms in total. The van der Waals surface area contributed by atoms with Gasteiger partial charge in [-0.1, -0.05) is 36.1 Å². The van der Waals surface area contributed by atoms with E-state index in [0.29, 0.717) is 36.0 Å². The summed E-state index contributed by atoms with van der Waals surface area (Å²) < 4.78 is 21.1. The molecule has 41 heavy (non-hydrogen) atoms. The summed E-state index contributed by atoms with van der Waals surface area (Å²) in [6.45, 7) is 5.78. The number of esters is 2. The molecule has 0 aliphatic carbocycles. The number of methoxy groups -OCH3 is 1. The van der Waals surface area contributed by atoms with Crippen LogP contribution in [-0.4, -0.2) is 60.6 Å². The predicted molar refractivity (Wildman–Crippen MR) is 147 cm³/mol. The van der Waals surface area contributed by atoms with Crippen LogP contribution >= 0.6 is 11.3 Å². The Morgan fingerprint density at radius 2 is 1.78 bits per heavy atom. The first-order valence-corrected chi connectivity index (χ1v) is 13.2. The highest BCUT2D eigenvalue weighted by atomic mass is 32.1. The number of aromatic nitrogens is 1. The van der Waals surface area contributed by atoms with E-state index < -0.39 is 35.4 Å². The number of carbonyl (C=O) groups excluding carboxylic acids is 4. The van der Waals surface area contributed by atoms with E-state index in [2.05, 4.69) is 11.6 Å². The third-order valence-corrected chi connectivity index (χ3v) is 7.55. The lowest BCUT2D eigenvalue weighted by Crippen LogP contribution is -2.29. The quantitative estimate of drug-likeness (QED) is 0.144. The maximum absolute atomic E-state index is 13.5. The Bertz CT molecular complexity index is 1610. The number of hydrogen-bond acceptors (Lipinski definition) is 11. The molecule has 210 valence electrons. The largest absolute Gasteiger partial charge is 0.507 e. The number of aryl methyl sites for hydroxylation is 1. The van der Waals surface area contributed by atoms with Gasteiger partial charge >= 0.3 is 17.8 Å². The van der Waals surface area contributed by atoms with Gasteiger partial charge in [0.2, 0.25) is 0 Å². The zero-order valence-corrected chi connectivity index (χ0v) is 22.9. The third kappa shape index (κ3) is 5.05. The number of anilines is 1. The van der Waals surface area contributed by atoms with Crippen molar-refractivity contribution in [2.24, 2.45) is 0 Å². The summed E-state index contributed by atoms with van der Waals surface area (Å²) in [7, 11) is 1.25. The van der Waals surface area contributed by atoms with Crippen molar-refractivity contribution in [3.8, 4) is 11.5 Å². The maximum atomic E-state index is 13.5. The van der Waals surface area contributed by atoms with Crippen LogP contribution < -0.4 is 14.4 Å². The molecule has 2 aromatic carbocycles. The summed E-state index contributed by atoms with van der Waals surface area (Å²) in [5.41, 5.74) is 0.970. The predicted octanol–water partition coefficient (Wildman–Crippen LogP) is 3.98. The second-order valence-electron chi connectivity index (χ2n) is 8.94. The molecular weight excluding hydrogens is 552 g/mol. The molecule has 3 heterocycles. The van der Waals surface area contributed by atoms with E-state index in [1.54, 1.807) is 31.2 Å². The molecule has 0 bridgehead atoms. The van der Waals surface area contributed by atoms with Crippen molar-refractivity contribution in [2.45, 2.75) is 13.0 Å². The lowest BCUT2D eigenvalue weighted by atomic mass is 9.94. The minimum Gasteiger partial charge on any atom is -0.507 e. The zero-order valence-electron chi connectivity index (χ0n) is 22.0. The van der Waals surface area contributed by atoms with E-state index in [9.17, 15) is 24.3 Å². The number of thiazole rings is 1. The van der Waals surface area contributed by atoms with E-state index in [0.717, 1.165) is 16.2 Å². The summed E-state index contributed by atoms with van der Waals surface area (Å²) in [4.78, 5) is 57.3. The summed E-state index contributed by atoms with van der Waals surface area (Å²) in [5.74, 6) is -2.71. The number of ether oxygens (including phenoxy) is 4. The van der Waals surface area contributed by atoms with Gasteiger partial charge in [0.15, 0.2) is 16.6 Å². The molecule has 12 heteroatoms. The van der Waals surface area contributed by atoms with Crippen LogP contribution in [-0.2, 0) is 19.1 Å². The highest BCUT2D eigenvalue weighted by Crippen LogP contribution is 2.44. The Balaban J connectivity index is 1.65. The van der Waals surface area contributed by atoms with Crippen LogP contribution in [0.4, 0.5) is 5.13 Å². The van der Waals surface area contributed by atoms with Gasteiger partial charge < -0.3 is 24.1 Å². The van der Waals surface area contributed by atoms with E-state index in [1.165, 1.54) is 31.4 Å². The van der Waals surface area contributed by atoms with E-state index in [4.69, 9.17) is 18.9 Å². The monoisotopic (exact) mass is 576 g/mol. The smallest absolute Gasteiger partial charge is 0.350 e. The van der Waals surface area contributed by atoms with Gasteiger partial charge in [-0.2, -0.15) is 0 Å². The number of benzene rings is 2. The highest BCUT2D eigenvalue weighted by Gasteiger charge is 2.48. The molecule has 0 unspecified atom stereocenters. The van der Waals surface area contributed by atoms with Crippen LogP contribution in [0.5, 0.6) is 11.5 Å². The minimum absolute atomic E-state index is 0.0158. The fraction of sp³-hybridized carbons (Fsp3) is 0.207. The van der Waals surface area contributed by atoms with E-state index in [1.807, 2.05) is 0 Å². The molecule has 0 spiro atoms. The first kappa shape index (κ1) is 27.6. The molecule has 5 rings (SSSR count). The van der Waals surface area contributed by atoms with Crippen LogP contribution in [0.25, 0.3) is 5.76 Å². The number of ketones is 1. The average Bonchev–Trinajstić information content (AvgIpc) is 3.50. The number of hydrogen-bond donors (Lipinski definition) is 1. The molecule has 2 aliphatic heterocycles. The number of carbonyl (C=O) groups is 4. The van der Waals surface area contributed by atoms with Crippen LogP contribution in [0.2, 0.25) is 0 Å². The van der Waals surface area contributed by atoms with Crippen molar-refractivity contribution in [1.29, 1.82) is 0 Å². The van der Waals surface area contributed by atoms with Crippen molar-refractivity contribution < 1.29 is 43.2 Å². The van der Waals surface area contributed by atoms with Gasteiger partial charge in [0, 0.05) is 5.56 Å². The van der Waals surface area contributed by atoms with Gasteiger partial charge in [-0.05, 0) is 42.8 Å². The van der Waals surface area contributed by atoms with Crippen LogP contribution in [0.15, 0.2) is 60.7 Å². The Morgan fingerprint density at radius 1 is 1.10 bits per heavy atom. The normalized spacial score (nSPS) is 17.3. The van der Waals surface area contributed by atoms with Crippen LogP contribution in [0.3, 0.4) is 0 Å². The average molecular weight is 577 g/mol. The molecule has 1 atom stereocenters. The Hall–Kier alpha value is -4.97. The van der Waals surface area contributed by atoms with Crippen molar-refractivity contribution in [1.82, 2.24) is 4.98 Å². The van der Waals surface area contributed by atoms with Gasteiger partial charge in [-0.15, -0.1) is 0 Å². The van der Waals surface area contributed by atoms with Gasteiger partial charge in [-0.25, -0.2) is 14.6 Å². The number of aliphatic hydroxyl groups is 1. The fourth-order valence-corrected chi connectivity index (χ4v) is 5.47. The fourth-order valence-electron chi connectivity index (χ4n) is 4.49. The van der Waals surface area contributed by atoms with Crippen molar-refractivity contribution in [3.63, 3.8) is 0 Å². The second kappa shape index (κ2) is 11.3. The molecule has 1 fully saturated rings. The molecule has 3 aromatic rings. The first-order chi connectivity index (χ1) is 19.7. The number of Topliss-reactive ketones (excluding diaryl/α,β-unsaturated/α-hetero) is 1. The second-order valence-corrected chi connectivity index (χ2v) is 9.92. The summed E-state index contributed by atoms with van der Waals surface area (Å²) >= 11 is 0.877. The van der Waals surface area contributed by atoms with Crippen LogP contribution in [0.1, 0.15) is 42.9 Å². The molecule has 1 amide bonds. The number of nitrogens with zero attached hydrogens (tertiary/aromatic N) is 2. The van der Waals surface area contributed by atoms with Gasteiger partial charge in [-0.3, -0.25) is 14.5 Å². The van der Waals surface area contributed by atoms with Gasteiger partial charge in [0.05, 0.1) is 30.0 Å². The molecule has 0 saturated carbocycles. The molecular formula is C29H24N2O9S. The van der Waals surface area contributed by atoms with E-state index in [-0.39, 0.29) is 33.3 Å². The number of amides is 1. The molecule has 2 aliphatic rings. The lowest BCUT2D eigenvalue weighted by molar-refractivity contribution is -0.132. The Morgan fingerprint density at radius 3 is 2.46 bits per heavy atom. The summed E-state index contributed by atoms with van der Waals surface area (Å²) in [5, 5.41) is 11.5. The van der Waals surface area contributed by atoms with Gasteiger partial charge in [0.25, 0.3) is 5.78 Å². The van der Waals surface area contributed by atoms with Crippen molar-refractivity contribution in [3.05, 3.63) is 88.0 Å². The first-order valence-electron chi connectivity index (χ1n) is 12.4. The van der Waals surface area contributed by atoms with Crippen molar-refractivity contribution >= 4 is 45.9 Å². The Kier molecular flexibility index (Phi) is 7.58. The summed E-state index contributed by atoms with van der Waals surface area (Å²) in [6, 6.07) is 9.60. The number of rotatable bonds is 7. The van der Waals surface area contributed by atoms with E-state index >= 15 is 0 Å². The summed E-state index contributed by atoms with van der Waals surface area (Å²) in [6.07, 6.45) is 1.42. The van der Waals surface area contributed by atoms with Crippen molar-refractivity contribution in [2.75, 3.05) is 31.8 Å². The number of aliphatic hydroxyl groups excluding tert-OH is 1. The molecule has 0 radical (unpaired) electrons. The van der Waals surface area contributed by atoms with Crippen LogP contribution in [0, 0.1) is 6.92 Å². The maximum Gasteiger partial charge on any atom is 0.350 e. The zero-order chi connectivity index (χ0) is 29.3. The molecule has 1 saturated heterocycles.